The molecule has 4 heterocycles. The number of morpholine rings is 1. The van der Waals surface area contributed by atoms with Gasteiger partial charge in [-0.25, -0.2) is 0 Å². The van der Waals surface area contributed by atoms with Gasteiger partial charge in [-0.05, 0) is 30.4 Å². The number of esters is 1. The summed E-state index contributed by atoms with van der Waals surface area (Å²) in [6.45, 7) is 11.1. The standard InChI is InChI=1S/C41H51BrN4O8/c1-3-5-16-33(48)53-27-32(29-14-10-7-11-15-29)43-38(49)34-35-39(50)46(30(26-47)24-28-12-8-6-9-13-28)37(41(35)25-31(42)36(34)54-41)40(51)45(17-4-2)19-18-44-20-22-52-23-21-44/h3-4,6-15,30-32,34-37,47H,1-2,5,16-27H2,(H,43,49)/t30-,31?,32+,34+,35-,36+,37+,41-/m1/s1. The second kappa shape index (κ2) is 18.2. The highest BCUT2D eigenvalue weighted by molar-refractivity contribution is 9.09. The molecular formula is C41H51BrN4O8. The van der Waals surface area contributed by atoms with Crippen molar-refractivity contribution in [2.45, 2.75) is 60.3 Å². The Morgan fingerprint density at radius 1 is 1.07 bits per heavy atom. The number of allylic oxidation sites excluding steroid dienone is 1. The van der Waals surface area contributed by atoms with Crippen molar-refractivity contribution in [2.24, 2.45) is 11.8 Å². The number of hydrogen-bond donors (Lipinski definition) is 2. The third kappa shape index (κ3) is 8.35. The third-order valence-electron chi connectivity index (χ3n) is 11.1. The van der Waals surface area contributed by atoms with Gasteiger partial charge in [0.2, 0.25) is 17.7 Å². The molecule has 6 rings (SSSR count). The van der Waals surface area contributed by atoms with Crippen LogP contribution in [0.1, 0.15) is 36.4 Å². The van der Waals surface area contributed by atoms with E-state index < -0.39 is 66.1 Å². The van der Waals surface area contributed by atoms with E-state index in [-0.39, 0.29) is 30.3 Å². The molecule has 8 atom stereocenters. The number of nitrogens with zero attached hydrogens (tertiary/aromatic N) is 3. The lowest BCUT2D eigenvalue weighted by Crippen LogP contribution is -2.60. The second-order valence-electron chi connectivity index (χ2n) is 14.4. The Morgan fingerprint density at radius 2 is 1.78 bits per heavy atom. The van der Waals surface area contributed by atoms with E-state index in [1.165, 1.54) is 4.90 Å². The molecule has 1 spiro atoms. The summed E-state index contributed by atoms with van der Waals surface area (Å²) in [5, 5.41) is 14.0. The zero-order valence-electron chi connectivity index (χ0n) is 30.6. The number of aliphatic hydroxyl groups excluding tert-OH is 1. The van der Waals surface area contributed by atoms with E-state index in [2.05, 4.69) is 39.3 Å². The van der Waals surface area contributed by atoms with Crippen molar-refractivity contribution in [1.82, 2.24) is 20.0 Å². The molecule has 0 aliphatic carbocycles. The molecule has 0 aromatic heterocycles. The van der Waals surface area contributed by atoms with Crippen molar-refractivity contribution in [1.29, 1.82) is 0 Å². The molecule has 4 fully saturated rings. The summed E-state index contributed by atoms with van der Waals surface area (Å²) in [7, 11) is 0. The van der Waals surface area contributed by atoms with Crippen molar-refractivity contribution in [2.75, 3.05) is 59.2 Å². The highest BCUT2D eigenvalue weighted by atomic mass is 79.9. The van der Waals surface area contributed by atoms with Crippen molar-refractivity contribution in [3.05, 3.63) is 97.1 Å². The molecule has 0 saturated carbocycles. The Kier molecular flexibility index (Phi) is 13.4. The first-order valence-electron chi connectivity index (χ1n) is 18.8. The lowest BCUT2D eigenvalue weighted by atomic mass is 9.70. The molecule has 2 aromatic rings. The predicted octanol–water partition coefficient (Wildman–Crippen LogP) is 3.05. The number of amides is 3. The number of likely N-dealkylation sites (tertiary alicyclic amines) is 1. The highest BCUT2D eigenvalue weighted by Gasteiger charge is 2.77. The molecule has 4 saturated heterocycles. The second-order valence-corrected chi connectivity index (χ2v) is 15.6. The number of nitrogens with one attached hydrogen (secondary N) is 1. The zero-order chi connectivity index (χ0) is 38.2. The largest absolute Gasteiger partial charge is 0.463 e. The van der Waals surface area contributed by atoms with Gasteiger partial charge in [0.1, 0.15) is 18.2 Å². The fourth-order valence-electron chi connectivity index (χ4n) is 8.53. The average Bonchev–Trinajstić information content (AvgIpc) is 3.80. The summed E-state index contributed by atoms with van der Waals surface area (Å²) in [6, 6.07) is 16.2. The third-order valence-corrected chi connectivity index (χ3v) is 12.0. The normalized spacial score (nSPS) is 27.2. The highest BCUT2D eigenvalue weighted by Crippen LogP contribution is 2.60. The molecule has 13 heteroatoms. The van der Waals surface area contributed by atoms with Gasteiger partial charge in [-0.15, -0.1) is 13.2 Å². The number of alkyl halides is 1. The first-order valence-corrected chi connectivity index (χ1v) is 19.7. The van der Waals surface area contributed by atoms with Crippen LogP contribution < -0.4 is 5.32 Å². The van der Waals surface area contributed by atoms with Crippen molar-refractivity contribution in [3.63, 3.8) is 0 Å². The SMILES string of the molecule is C=CCCC(=O)OC[C@H](NC(=O)[C@@H]1[C@H]2O[C@@]3(CC2Br)[C@H](C(=O)N(CC=C)CCN2CCOCC2)N([C@@H](CO)Cc2ccccc2)C(=O)[C@@H]13)c1ccccc1. The van der Waals surface area contributed by atoms with Gasteiger partial charge in [-0.3, -0.25) is 24.1 Å². The number of rotatable bonds is 18. The summed E-state index contributed by atoms with van der Waals surface area (Å²) in [4.78, 5) is 62.2. The number of carbonyl (C=O) groups is 4. The molecule has 3 amide bonds. The Morgan fingerprint density at radius 3 is 2.44 bits per heavy atom. The van der Waals surface area contributed by atoms with Gasteiger partial charge in [0.15, 0.2) is 0 Å². The molecule has 290 valence electrons. The van der Waals surface area contributed by atoms with Crippen molar-refractivity contribution < 1.29 is 38.5 Å². The van der Waals surface area contributed by atoms with Crippen LogP contribution in [0.25, 0.3) is 0 Å². The fraction of sp³-hybridized carbons (Fsp3) is 0.512. The molecule has 4 aliphatic heterocycles. The molecule has 2 aromatic carbocycles. The molecule has 1 unspecified atom stereocenters. The molecule has 12 nitrogen and oxygen atoms in total. The monoisotopic (exact) mass is 806 g/mol. The van der Waals surface area contributed by atoms with Crippen LogP contribution in [-0.4, -0.2) is 131 Å². The Labute approximate surface area is 325 Å². The van der Waals surface area contributed by atoms with Gasteiger partial charge in [-0.1, -0.05) is 88.7 Å². The smallest absolute Gasteiger partial charge is 0.306 e. The summed E-state index contributed by atoms with van der Waals surface area (Å²) in [5.41, 5.74) is 0.288. The van der Waals surface area contributed by atoms with Crippen LogP contribution in [0, 0.1) is 11.8 Å². The van der Waals surface area contributed by atoms with Crippen LogP contribution in [0.3, 0.4) is 0 Å². The van der Waals surface area contributed by atoms with Gasteiger partial charge in [0.25, 0.3) is 0 Å². The maximum Gasteiger partial charge on any atom is 0.306 e. The van der Waals surface area contributed by atoms with E-state index in [0.29, 0.717) is 45.6 Å². The molecule has 2 N–H and O–H groups in total. The number of hydrogen-bond acceptors (Lipinski definition) is 9. The van der Waals surface area contributed by atoms with E-state index in [4.69, 9.17) is 14.2 Å². The fourth-order valence-corrected chi connectivity index (χ4v) is 9.47. The Bertz CT molecular complexity index is 1640. The van der Waals surface area contributed by atoms with Crippen molar-refractivity contribution >= 4 is 39.6 Å². The van der Waals surface area contributed by atoms with E-state index in [0.717, 1.165) is 24.2 Å². The van der Waals surface area contributed by atoms with E-state index in [1.807, 2.05) is 60.7 Å². The van der Waals surface area contributed by atoms with Crippen LogP contribution in [-0.2, 0) is 39.8 Å². The molecule has 2 bridgehead atoms. The quantitative estimate of drug-likeness (QED) is 0.132. The number of aliphatic hydroxyl groups is 1. The summed E-state index contributed by atoms with van der Waals surface area (Å²) < 4.78 is 17.9. The zero-order valence-corrected chi connectivity index (χ0v) is 32.2. The number of carbonyl (C=O) groups excluding carboxylic acids is 4. The van der Waals surface area contributed by atoms with Crippen LogP contribution in [0.2, 0.25) is 0 Å². The predicted molar refractivity (Wildman–Crippen MR) is 205 cm³/mol. The number of halogens is 1. The summed E-state index contributed by atoms with van der Waals surface area (Å²) in [5.74, 6) is -3.51. The topological polar surface area (TPSA) is 138 Å². The number of benzene rings is 2. The number of ether oxygens (including phenoxy) is 3. The van der Waals surface area contributed by atoms with Crippen molar-refractivity contribution in [3.8, 4) is 0 Å². The molecule has 4 aliphatic rings. The van der Waals surface area contributed by atoms with E-state index in [1.54, 1.807) is 17.1 Å². The molecule has 0 radical (unpaired) electrons. The van der Waals surface area contributed by atoms with Crippen LogP contribution in [0.15, 0.2) is 86.0 Å². The maximum atomic E-state index is 15.0. The number of fused-ring (bicyclic) bond motifs is 1. The van der Waals surface area contributed by atoms with Gasteiger partial charge in [-0.2, -0.15) is 0 Å². The minimum absolute atomic E-state index is 0.109. The van der Waals surface area contributed by atoms with Gasteiger partial charge in [0, 0.05) is 44.0 Å². The summed E-state index contributed by atoms with van der Waals surface area (Å²) >= 11 is 3.77. The molecular weight excluding hydrogens is 756 g/mol. The first-order chi connectivity index (χ1) is 26.2. The van der Waals surface area contributed by atoms with Gasteiger partial charge >= 0.3 is 5.97 Å². The van der Waals surface area contributed by atoms with Crippen LogP contribution in [0.4, 0.5) is 0 Å². The minimum atomic E-state index is -1.34. The van der Waals surface area contributed by atoms with Gasteiger partial charge in [0.05, 0.1) is 49.8 Å². The summed E-state index contributed by atoms with van der Waals surface area (Å²) in [6.07, 6.45) is 3.86. The lowest BCUT2D eigenvalue weighted by molar-refractivity contribution is -0.151. The average molecular weight is 808 g/mol. The Balaban J connectivity index is 1.33. The van der Waals surface area contributed by atoms with E-state index in [9.17, 15) is 14.7 Å². The minimum Gasteiger partial charge on any atom is -0.463 e. The Hall–Kier alpha value is -3.88. The van der Waals surface area contributed by atoms with Crippen LogP contribution >= 0.6 is 15.9 Å². The first kappa shape index (κ1) is 39.8. The lowest BCUT2D eigenvalue weighted by Gasteiger charge is -2.40. The maximum absolute atomic E-state index is 15.0. The van der Waals surface area contributed by atoms with Crippen LogP contribution in [0.5, 0.6) is 0 Å². The van der Waals surface area contributed by atoms with Gasteiger partial charge < -0.3 is 34.4 Å². The molecule has 54 heavy (non-hydrogen) atoms. The van der Waals surface area contributed by atoms with E-state index >= 15 is 9.59 Å².